The second-order valence-corrected chi connectivity index (χ2v) is 6.16. The zero-order valence-corrected chi connectivity index (χ0v) is 16.9. The predicted octanol–water partition coefficient (Wildman–Crippen LogP) is 1.82. The smallest absolute Gasteiger partial charge is 0.409 e. The maximum Gasteiger partial charge on any atom is 0.409 e. The van der Waals surface area contributed by atoms with Crippen LogP contribution in [0.15, 0.2) is 12.1 Å². The SMILES string of the molecule is CCOC(=O)N1CCN(C(=O)CCNc2cc(OC)c(OC)c(OC)c2)CC1. The van der Waals surface area contributed by atoms with E-state index in [1.165, 1.54) is 0 Å². The summed E-state index contributed by atoms with van der Waals surface area (Å²) in [6.07, 6.45) is 0.0226. The van der Waals surface area contributed by atoms with E-state index >= 15 is 0 Å². The van der Waals surface area contributed by atoms with Crippen LogP contribution in [-0.2, 0) is 9.53 Å². The Labute approximate surface area is 165 Å². The van der Waals surface area contributed by atoms with E-state index in [0.717, 1.165) is 5.69 Å². The molecule has 1 fully saturated rings. The molecule has 0 aliphatic carbocycles. The number of benzene rings is 1. The molecule has 9 nitrogen and oxygen atoms in total. The third kappa shape index (κ3) is 5.34. The third-order valence-corrected chi connectivity index (χ3v) is 4.49. The van der Waals surface area contributed by atoms with Crippen LogP contribution in [0.1, 0.15) is 13.3 Å². The highest BCUT2D eigenvalue weighted by molar-refractivity contribution is 5.77. The number of nitrogens with zero attached hydrogens (tertiary/aromatic N) is 2. The highest BCUT2D eigenvalue weighted by Gasteiger charge is 2.24. The van der Waals surface area contributed by atoms with E-state index < -0.39 is 0 Å². The van der Waals surface area contributed by atoms with Gasteiger partial charge in [-0.05, 0) is 6.92 Å². The van der Waals surface area contributed by atoms with Crippen molar-refractivity contribution in [2.75, 3.05) is 66.0 Å². The fourth-order valence-corrected chi connectivity index (χ4v) is 3.01. The minimum atomic E-state index is -0.321. The Morgan fingerprint density at radius 2 is 1.54 bits per heavy atom. The summed E-state index contributed by atoms with van der Waals surface area (Å²) in [6.45, 7) is 4.61. The molecule has 0 radical (unpaired) electrons. The molecule has 1 aliphatic heterocycles. The highest BCUT2D eigenvalue weighted by atomic mass is 16.6. The van der Waals surface area contributed by atoms with Gasteiger partial charge < -0.3 is 34.1 Å². The first-order valence-corrected chi connectivity index (χ1v) is 9.27. The van der Waals surface area contributed by atoms with Crippen molar-refractivity contribution in [1.29, 1.82) is 0 Å². The summed E-state index contributed by atoms with van der Waals surface area (Å²) in [5.74, 6) is 1.66. The van der Waals surface area contributed by atoms with E-state index in [1.807, 2.05) is 0 Å². The fourth-order valence-electron chi connectivity index (χ4n) is 3.01. The lowest BCUT2D eigenvalue weighted by Gasteiger charge is -2.34. The Morgan fingerprint density at radius 1 is 0.964 bits per heavy atom. The first-order chi connectivity index (χ1) is 13.5. The van der Waals surface area contributed by atoms with Crippen LogP contribution in [0.25, 0.3) is 0 Å². The summed E-state index contributed by atoms with van der Waals surface area (Å²) in [5.41, 5.74) is 0.773. The number of carbonyl (C=O) groups excluding carboxylic acids is 2. The Hall–Kier alpha value is -2.84. The number of nitrogens with one attached hydrogen (secondary N) is 1. The molecule has 1 aliphatic rings. The minimum absolute atomic E-state index is 0.0449. The summed E-state index contributed by atoms with van der Waals surface area (Å²) in [7, 11) is 4.66. The van der Waals surface area contributed by atoms with Crippen molar-refractivity contribution < 1.29 is 28.5 Å². The number of hydrogen-bond donors (Lipinski definition) is 1. The van der Waals surface area contributed by atoms with Gasteiger partial charge in [0.2, 0.25) is 11.7 Å². The van der Waals surface area contributed by atoms with Crippen LogP contribution in [0.2, 0.25) is 0 Å². The normalized spacial score (nSPS) is 13.7. The minimum Gasteiger partial charge on any atom is -0.493 e. The first kappa shape index (κ1) is 21.5. The molecular formula is C19H29N3O6. The zero-order valence-electron chi connectivity index (χ0n) is 16.9. The second-order valence-electron chi connectivity index (χ2n) is 6.16. The molecule has 1 saturated heterocycles. The van der Waals surface area contributed by atoms with Crippen LogP contribution in [0.3, 0.4) is 0 Å². The molecule has 9 heteroatoms. The average molecular weight is 395 g/mol. The standard InChI is InChI=1S/C19H29N3O6/c1-5-28-19(24)22-10-8-21(9-11-22)17(23)6-7-20-14-12-15(25-2)18(27-4)16(13-14)26-3/h12-13,20H,5-11H2,1-4H3. The van der Waals surface area contributed by atoms with E-state index in [-0.39, 0.29) is 12.0 Å². The van der Waals surface area contributed by atoms with Crippen molar-refractivity contribution in [3.8, 4) is 17.2 Å². The summed E-state index contributed by atoms with van der Waals surface area (Å²) in [4.78, 5) is 27.5. The van der Waals surface area contributed by atoms with E-state index in [9.17, 15) is 9.59 Å². The van der Waals surface area contributed by atoms with E-state index in [2.05, 4.69) is 5.32 Å². The lowest BCUT2D eigenvalue weighted by molar-refractivity contribution is -0.132. The Balaban J connectivity index is 1.84. The Bertz CT molecular complexity index is 649. The summed E-state index contributed by atoms with van der Waals surface area (Å²) in [5, 5.41) is 3.21. The molecule has 0 atom stereocenters. The summed E-state index contributed by atoms with van der Waals surface area (Å²) < 4.78 is 20.9. The monoisotopic (exact) mass is 395 g/mol. The van der Waals surface area contributed by atoms with Crippen LogP contribution in [0.5, 0.6) is 17.2 Å². The molecular weight excluding hydrogens is 366 g/mol. The van der Waals surface area contributed by atoms with Crippen molar-refractivity contribution >= 4 is 17.7 Å². The number of piperazine rings is 1. The van der Waals surface area contributed by atoms with E-state index in [4.69, 9.17) is 18.9 Å². The first-order valence-electron chi connectivity index (χ1n) is 9.27. The van der Waals surface area contributed by atoms with Crippen molar-refractivity contribution in [1.82, 2.24) is 9.80 Å². The lowest BCUT2D eigenvalue weighted by atomic mass is 10.2. The molecule has 1 aromatic rings. The number of rotatable bonds is 8. The van der Waals surface area contributed by atoms with Crippen LogP contribution in [0, 0.1) is 0 Å². The van der Waals surface area contributed by atoms with E-state index in [0.29, 0.717) is 63.0 Å². The van der Waals surface area contributed by atoms with Crippen molar-refractivity contribution in [2.24, 2.45) is 0 Å². The lowest BCUT2D eigenvalue weighted by Crippen LogP contribution is -2.50. The average Bonchev–Trinajstić information content (AvgIpc) is 2.73. The van der Waals surface area contributed by atoms with Gasteiger partial charge in [0.05, 0.1) is 27.9 Å². The molecule has 1 N–H and O–H groups in total. The fraction of sp³-hybridized carbons (Fsp3) is 0.579. The van der Waals surface area contributed by atoms with Gasteiger partial charge in [0.1, 0.15) is 0 Å². The zero-order chi connectivity index (χ0) is 20.5. The van der Waals surface area contributed by atoms with Gasteiger partial charge in [-0.15, -0.1) is 0 Å². The number of hydrogen-bond acceptors (Lipinski definition) is 7. The highest BCUT2D eigenvalue weighted by Crippen LogP contribution is 2.39. The van der Waals surface area contributed by atoms with E-state index in [1.54, 1.807) is 50.2 Å². The number of amides is 2. The van der Waals surface area contributed by atoms with Crippen molar-refractivity contribution in [3.05, 3.63) is 12.1 Å². The maximum atomic E-state index is 12.4. The Morgan fingerprint density at radius 3 is 2.04 bits per heavy atom. The Kier molecular flexibility index (Phi) is 8.03. The molecule has 1 heterocycles. The van der Waals surface area contributed by atoms with Gasteiger partial charge in [0.15, 0.2) is 11.5 Å². The molecule has 2 rings (SSSR count). The number of anilines is 1. The molecule has 0 bridgehead atoms. The molecule has 0 unspecified atom stereocenters. The molecule has 0 spiro atoms. The number of carbonyl (C=O) groups is 2. The van der Waals surface area contributed by atoms with Crippen LogP contribution in [0.4, 0.5) is 10.5 Å². The third-order valence-electron chi connectivity index (χ3n) is 4.49. The van der Waals surface area contributed by atoms with Crippen molar-refractivity contribution in [2.45, 2.75) is 13.3 Å². The quantitative estimate of drug-likeness (QED) is 0.718. The number of methoxy groups -OCH3 is 3. The predicted molar refractivity (Wildman–Crippen MR) is 104 cm³/mol. The van der Waals surface area contributed by atoms with Crippen molar-refractivity contribution in [3.63, 3.8) is 0 Å². The molecule has 0 aromatic heterocycles. The van der Waals surface area contributed by atoms with Gasteiger partial charge in [-0.1, -0.05) is 0 Å². The molecule has 0 saturated carbocycles. The summed E-state index contributed by atoms with van der Waals surface area (Å²) in [6, 6.07) is 3.59. The van der Waals surface area contributed by atoms with Gasteiger partial charge >= 0.3 is 6.09 Å². The largest absolute Gasteiger partial charge is 0.493 e. The molecule has 156 valence electrons. The molecule has 2 amide bonds. The van der Waals surface area contributed by atoms with Crippen LogP contribution in [-0.4, -0.2) is 82.5 Å². The molecule has 28 heavy (non-hydrogen) atoms. The summed E-state index contributed by atoms with van der Waals surface area (Å²) >= 11 is 0. The molecule has 1 aromatic carbocycles. The van der Waals surface area contributed by atoms with Gasteiger partial charge in [-0.25, -0.2) is 4.79 Å². The number of ether oxygens (including phenoxy) is 4. The van der Waals surface area contributed by atoms with Crippen LogP contribution < -0.4 is 19.5 Å². The van der Waals surface area contributed by atoms with Gasteiger partial charge in [-0.2, -0.15) is 0 Å². The van der Waals surface area contributed by atoms with Gasteiger partial charge in [0.25, 0.3) is 0 Å². The van der Waals surface area contributed by atoms with Gasteiger partial charge in [0, 0.05) is 57.0 Å². The van der Waals surface area contributed by atoms with Crippen LogP contribution >= 0.6 is 0 Å². The second kappa shape index (κ2) is 10.5. The van der Waals surface area contributed by atoms with Gasteiger partial charge in [-0.3, -0.25) is 4.79 Å². The maximum absolute atomic E-state index is 12.4. The topological polar surface area (TPSA) is 89.6 Å².